The summed E-state index contributed by atoms with van der Waals surface area (Å²) >= 11 is 0. The summed E-state index contributed by atoms with van der Waals surface area (Å²) in [5.74, 6) is 1.70. The molecule has 2 aliphatic heterocycles. The number of phenols is 1. The summed E-state index contributed by atoms with van der Waals surface area (Å²) in [4.78, 5) is 5.24. The first-order chi connectivity index (χ1) is 17.5. The van der Waals surface area contributed by atoms with Crippen LogP contribution < -0.4 is 4.74 Å². The van der Waals surface area contributed by atoms with Crippen LogP contribution in [0.2, 0.25) is 0 Å². The first-order valence-electron chi connectivity index (χ1n) is 14.3. The number of rotatable bonds is 8. The number of phenolic OH excluding ortho intramolecular Hbond substituents is 1. The van der Waals surface area contributed by atoms with Gasteiger partial charge in [0.25, 0.3) is 0 Å². The van der Waals surface area contributed by atoms with E-state index in [2.05, 4.69) is 53.1 Å². The summed E-state index contributed by atoms with van der Waals surface area (Å²) in [6, 6.07) is 15.1. The van der Waals surface area contributed by atoms with Gasteiger partial charge in [0.05, 0.1) is 11.0 Å². The van der Waals surface area contributed by atoms with Crippen LogP contribution in [0.25, 0.3) is 0 Å². The van der Waals surface area contributed by atoms with Crippen LogP contribution in [0.3, 0.4) is 0 Å². The number of hydrogen-bond donors (Lipinski definition) is 2. The molecule has 1 spiro atoms. The second-order valence-corrected chi connectivity index (χ2v) is 12.2. The topological polar surface area (TPSA) is 56.2 Å². The van der Waals surface area contributed by atoms with Crippen molar-refractivity contribution in [1.82, 2.24) is 9.80 Å². The molecule has 36 heavy (non-hydrogen) atoms. The zero-order valence-corrected chi connectivity index (χ0v) is 21.5. The monoisotopic (exact) mass is 488 g/mol. The molecule has 1 saturated heterocycles. The number of aliphatic hydroxyl groups is 1. The zero-order chi connectivity index (χ0) is 24.5. The van der Waals surface area contributed by atoms with Crippen molar-refractivity contribution in [2.45, 2.75) is 94.0 Å². The average molecular weight is 489 g/mol. The molecule has 2 aromatic rings. The van der Waals surface area contributed by atoms with Gasteiger partial charge in [0.1, 0.15) is 6.10 Å². The van der Waals surface area contributed by atoms with E-state index in [0.717, 1.165) is 76.2 Å². The number of unbranched alkanes of at least 4 members (excludes halogenated alkanes) is 1. The molecule has 0 aromatic heterocycles. The lowest BCUT2D eigenvalue weighted by Gasteiger charge is -2.65. The summed E-state index contributed by atoms with van der Waals surface area (Å²) in [5, 5.41) is 23.7. The van der Waals surface area contributed by atoms with Crippen molar-refractivity contribution in [2.75, 3.05) is 19.6 Å². The number of hydrogen-bond acceptors (Lipinski definition) is 5. The maximum Gasteiger partial charge on any atom is 0.165 e. The van der Waals surface area contributed by atoms with Crippen LogP contribution in [0.15, 0.2) is 42.5 Å². The molecule has 0 unspecified atom stereocenters. The molecule has 2 bridgehead atoms. The lowest BCUT2D eigenvalue weighted by atomic mass is 9.48. The van der Waals surface area contributed by atoms with Gasteiger partial charge in [-0.05, 0) is 81.1 Å². The highest BCUT2D eigenvalue weighted by Gasteiger charge is 2.73. The number of benzene rings is 2. The predicted octanol–water partition coefficient (Wildman–Crippen LogP) is 4.63. The van der Waals surface area contributed by atoms with E-state index < -0.39 is 11.0 Å². The van der Waals surface area contributed by atoms with Crippen LogP contribution >= 0.6 is 0 Å². The highest BCUT2D eigenvalue weighted by Crippen LogP contribution is 2.66. The number of likely N-dealkylation sites (tertiary alicyclic amines) is 1. The van der Waals surface area contributed by atoms with E-state index >= 15 is 0 Å². The summed E-state index contributed by atoms with van der Waals surface area (Å²) in [5.41, 5.74) is 2.49. The number of piperidine rings is 1. The summed E-state index contributed by atoms with van der Waals surface area (Å²) in [7, 11) is 0. The van der Waals surface area contributed by atoms with Crippen molar-refractivity contribution in [1.29, 1.82) is 0 Å². The van der Waals surface area contributed by atoms with Gasteiger partial charge in [-0.1, -0.05) is 49.7 Å². The molecule has 2 saturated carbocycles. The highest BCUT2D eigenvalue weighted by molar-refractivity contribution is 5.62. The van der Waals surface area contributed by atoms with E-state index in [0.29, 0.717) is 5.75 Å². The van der Waals surface area contributed by atoms with Crippen LogP contribution in [0.1, 0.15) is 68.6 Å². The Hall–Kier alpha value is -2.08. The largest absolute Gasteiger partial charge is 0.504 e. The van der Waals surface area contributed by atoms with Crippen molar-refractivity contribution < 1.29 is 14.9 Å². The first-order valence-corrected chi connectivity index (χ1v) is 14.3. The molecule has 2 heterocycles. The van der Waals surface area contributed by atoms with Gasteiger partial charge in [0, 0.05) is 30.7 Å². The van der Waals surface area contributed by atoms with E-state index in [-0.39, 0.29) is 23.9 Å². The van der Waals surface area contributed by atoms with Crippen molar-refractivity contribution in [3.8, 4) is 11.5 Å². The van der Waals surface area contributed by atoms with E-state index in [1.807, 2.05) is 6.07 Å². The molecular formula is C31H40N2O3. The molecule has 5 nitrogen and oxygen atoms in total. The van der Waals surface area contributed by atoms with Crippen LogP contribution in [0.5, 0.6) is 11.5 Å². The lowest BCUT2D eigenvalue weighted by molar-refractivity contribution is -0.201. The third-order valence-electron chi connectivity index (χ3n) is 10.2. The van der Waals surface area contributed by atoms with Crippen molar-refractivity contribution in [3.05, 3.63) is 59.2 Å². The van der Waals surface area contributed by atoms with E-state index in [9.17, 15) is 10.2 Å². The van der Waals surface area contributed by atoms with Gasteiger partial charge in [-0.25, -0.2) is 0 Å². The maximum atomic E-state index is 12.7. The SMILES string of the molecule is CCCCN(Cc1ccccc1)[C@@H]1CC[C@@]2(O)[C@H]3Cc4ccc(O)c5c4[C@@]2(CCN3CC2CC2)[C@H]1O5. The summed E-state index contributed by atoms with van der Waals surface area (Å²) in [6.45, 7) is 6.31. The van der Waals surface area contributed by atoms with Gasteiger partial charge in [0.2, 0.25) is 0 Å². The minimum absolute atomic E-state index is 0.134. The fourth-order valence-electron chi connectivity index (χ4n) is 8.37. The molecular weight excluding hydrogens is 448 g/mol. The molecule has 7 rings (SSSR count). The van der Waals surface area contributed by atoms with Gasteiger partial charge in [0.15, 0.2) is 11.5 Å². The molecule has 0 radical (unpaired) electrons. The zero-order valence-electron chi connectivity index (χ0n) is 21.5. The average Bonchev–Trinajstić information content (AvgIpc) is 3.63. The molecule has 5 atom stereocenters. The van der Waals surface area contributed by atoms with Crippen molar-refractivity contribution in [3.63, 3.8) is 0 Å². The van der Waals surface area contributed by atoms with Gasteiger partial charge in [-0.2, -0.15) is 0 Å². The van der Waals surface area contributed by atoms with Crippen molar-refractivity contribution in [2.24, 2.45) is 5.92 Å². The second-order valence-electron chi connectivity index (χ2n) is 12.2. The van der Waals surface area contributed by atoms with Crippen molar-refractivity contribution >= 4 is 0 Å². The Labute approximate surface area is 215 Å². The van der Waals surface area contributed by atoms with Crippen LogP contribution in [0.4, 0.5) is 0 Å². The molecule has 0 amide bonds. The van der Waals surface area contributed by atoms with Gasteiger partial charge >= 0.3 is 0 Å². The molecule has 5 aliphatic rings. The normalized spacial score (nSPS) is 34.5. The first kappa shape index (κ1) is 23.1. The minimum atomic E-state index is -0.809. The Bertz CT molecular complexity index is 1130. The number of ether oxygens (including phenoxy) is 1. The van der Waals surface area contributed by atoms with E-state index in [4.69, 9.17) is 4.74 Å². The van der Waals surface area contributed by atoms with Gasteiger partial charge in [-0.15, -0.1) is 0 Å². The smallest absolute Gasteiger partial charge is 0.165 e. The Morgan fingerprint density at radius 2 is 1.92 bits per heavy atom. The second kappa shape index (κ2) is 8.47. The Balaban J connectivity index is 1.31. The Kier molecular flexibility index (Phi) is 5.43. The van der Waals surface area contributed by atoms with Crippen LogP contribution in [0, 0.1) is 5.92 Å². The van der Waals surface area contributed by atoms with Crippen LogP contribution in [-0.2, 0) is 18.4 Å². The predicted molar refractivity (Wildman–Crippen MR) is 140 cm³/mol. The maximum absolute atomic E-state index is 12.7. The molecule has 3 aliphatic carbocycles. The third kappa shape index (κ3) is 3.25. The molecule has 3 fully saturated rings. The molecule has 192 valence electrons. The van der Waals surface area contributed by atoms with E-state index in [1.54, 1.807) is 0 Å². The lowest BCUT2D eigenvalue weighted by Crippen LogP contribution is -2.78. The fraction of sp³-hybridized carbons (Fsp3) is 0.613. The summed E-state index contributed by atoms with van der Waals surface area (Å²) in [6.07, 6.45) is 8.33. The van der Waals surface area contributed by atoms with E-state index in [1.165, 1.54) is 24.0 Å². The van der Waals surface area contributed by atoms with Crippen LogP contribution in [-0.4, -0.2) is 63.4 Å². The van der Waals surface area contributed by atoms with Gasteiger partial charge in [-0.3, -0.25) is 9.80 Å². The molecule has 5 heteroatoms. The standard InChI is InChI=1S/C31H40N2O3/c1-2-3-16-32(19-21-7-5-4-6-8-21)24-13-14-31(35)26-18-23-11-12-25(34)28-27(23)30(31,29(24)36-28)15-17-33(26)20-22-9-10-22/h4-8,11-12,22,24,26,29,34-35H,2-3,9-10,13-20H2,1H3/t24-,26-,29+,30+,31-/m1/s1. The Morgan fingerprint density at radius 3 is 2.69 bits per heavy atom. The quantitative estimate of drug-likeness (QED) is 0.568. The number of aromatic hydroxyl groups is 1. The number of nitrogens with zero attached hydrogens (tertiary/aromatic N) is 2. The Morgan fingerprint density at radius 1 is 1.08 bits per heavy atom. The third-order valence-corrected chi connectivity index (χ3v) is 10.2. The van der Waals surface area contributed by atoms with Gasteiger partial charge < -0.3 is 14.9 Å². The fourth-order valence-corrected chi connectivity index (χ4v) is 8.37. The minimum Gasteiger partial charge on any atom is -0.504 e. The molecule has 2 N–H and O–H groups in total. The highest BCUT2D eigenvalue weighted by atomic mass is 16.5. The summed E-state index contributed by atoms with van der Waals surface area (Å²) < 4.78 is 6.84. The molecule has 2 aromatic carbocycles.